The van der Waals surface area contributed by atoms with E-state index in [1.54, 1.807) is 10.4 Å². The van der Waals surface area contributed by atoms with Crippen LogP contribution in [0.5, 0.6) is 0 Å². The number of nitrogens with zero attached hydrogens (tertiary/aromatic N) is 1. The van der Waals surface area contributed by atoms with E-state index in [4.69, 9.17) is 0 Å². The van der Waals surface area contributed by atoms with Crippen molar-refractivity contribution >= 4 is 15.7 Å². The number of hydrogen-bond donors (Lipinski definition) is 2. The predicted molar refractivity (Wildman–Crippen MR) is 79.2 cm³/mol. The molecule has 0 aliphatic carbocycles. The van der Waals surface area contributed by atoms with E-state index in [9.17, 15) is 8.42 Å². The Labute approximate surface area is 120 Å². The Hall–Kier alpha value is -1.11. The van der Waals surface area contributed by atoms with Crippen molar-refractivity contribution in [2.24, 2.45) is 0 Å². The first kappa shape index (κ1) is 13.9. The van der Waals surface area contributed by atoms with Crippen molar-refractivity contribution in [1.29, 1.82) is 0 Å². The van der Waals surface area contributed by atoms with Crippen molar-refractivity contribution in [3.05, 3.63) is 23.8 Å². The lowest BCUT2D eigenvalue weighted by atomic mass is 10.2. The van der Waals surface area contributed by atoms with Gasteiger partial charge in [-0.3, -0.25) is 0 Å². The molecule has 2 heterocycles. The number of rotatable bonds is 2. The van der Waals surface area contributed by atoms with E-state index in [1.165, 1.54) is 0 Å². The molecule has 6 heteroatoms. The molecule has 1 fully saturated rings. The summed E-state index contributed by atoms with van der Waals surface area (Å²) in [7, 11) is -3.33. The predicted octanol–water partition coefficient (Wildman–Crippen LogP) is 1.38. The summed E-state index contributed by atoms with van der Waals surface area (Å²) >= 11 is 0. The fourth-order valence-electron chi connectivity index (χ4n) is 2.81. The third-order valence-corrected chi connectivity index (χ3v) is 5.86. The minimum Gasteiger partial charge on any atom is -0.384 e. The van der Waals surface area contributed by atoms with Gasteiger partial charge in [-0.2, -0.15) is 4.31 Å². The summed E-state index contributed by atoms with van der Waals surface area (Å²) in [5, 5.41) is 6.60. The maximum absolute atomic E-state index is 12.6. The molecule has 0 atom stereocenters. The molecule has 1 aromatic carbocycles. The maximum Gasteiger partial charge on any atom is 0.243 e. The summed E-state index contributed by atoms with van der Waals surface area (Å²) in [5.74, 6) is 0. The van der Waals surface area contributed by atoms with E-state index in [2.05, 4.69) is 10.6 Å². The largest absolute Gasteiger partial charge is 0.384 e. The van der Waals surface area contributed by atoms with Crippen molar-refractivity contribution in [1.82, 2.24) is 9.62 Å². The second-order valence-corrected chi connectivity index (χ2v) is 7.33. The SMILES string of the molecule is O=S(=O)(c1ccc2c(c1)CNCCN2)N1CCCCC1. The zero-order valence-electron chi connectivity index (χ0n) is 11.6. The van der Waals surface area contributed by atoms with Gasteiger partial charge in [0.1, 0.15) is 0 Å². The summed E-state index contributed by atoms with van der Waals surface area (Å²) in [6, 6.07) is 5.42. The first-order chi connectivity index (χ1) is 9.68. The normalized spacial score (nSPS) is 20.8. The molecule has 20 heavy (non-hydrogen) atoms. The standard InChI is InChI=1S/C14H21N3O2S/c18-20(19,17-8-2-1-3-9-17)13-4-5-14-12(10-13)11-15-6-7-16-14/h4-5,10,15-16H,1-3,6-9,11H2. The lowest BCUT2D eigenvalue weighted by Gasteiger charge is -2.26. The Morgan fingerprint density at radius 1 is 1.05 bits per heavy atom. The summed E-state index contributed by atoms with van der Waals surface area (Å²) in [5.41, 5.74) is 2.06. The number of fused-ring (bicyclic) bond motifs is 1. The lowest BCUT2D eigenvalue weighted by Crippen LogP contribution is -2.35. The van der Waals surface area contributed by atoms with Crippen molar-refractivity contribution in [2.45, 2.75) is 30.7 Å². The number of benzene rings is 1. The smallest absolute Gasteiger partial charge is 0.243 e. The molecule has 110 valence electrons. The molecular weight excluding hydrogens is 274 g/mol. The van der Waals surface area contributed by atoms with Crippen molar-refractivity contribution in [2.75, 3.05) is 31.5 Å². The highest BCUT2D eigenvalue weighted by molar-refractivity contribution is 7.89. The van der Waals surface area contributed by atoms with Gasteiger partial charge in [-0.15, -0.1) is 0 Å². The summed E-state index contributed by atoms with van der Waals surface area (Å²) in [4.78, 5) is 0.420. The van der Waals surface area contributed by atoms with Gasteiger partial charge >= 0.3 is 0 Å². The fourth-order valence-corrected chi connectivity index (χ4v) is 4.38. The fraction of sp³-hybridized carbons (Fsp3) is 0.571. The molecule has 3 rings (SSSR count). The summed E-state index contributed by atoms with van der Waals surface area (Å²) < 4.78 is 26.9. The number of nitrogens with one attached hydrogen (secondary N) is 2. The molecule has 1 saturated heterocycles. The van der Waals surface area contributed by atoms with Crippen LogP contribution in [0, 0.1) is 0 Å². The van der Waals surface area contributed by atoms with Crippen LogP contribution in [0.15, 0.2) is 23.1 Å². The molecule has 0 amide bonds. The number of hydrogen-bond acceptors (Lipinski definition) is 4. The first-order valence-electron chi connectivity index (χ1n) is 7.25. The van der Waals surface area contributed by atoms with Crippen LogP contribution < -0.4 is 10.6 Å². The van der Waals surface area contributed by atoms with Gasteiger partial charge in [-0.05, 0) is 36.6 Å². The molecule has 0 saturated carbocycles. The van der Waals surface area contributed by atoms with Crippen LogP contribution in [-0.4, -0.2) is 38.9 Å². The molecule has 2 aliphatic heterocycles. The number of sulfonamides is 1. The lowest BCUT2D eigenvalue weighted by molar-refractivity contribution is 0.346. The van der Waals surface area contributed by atoms with E-state index in [-0.39, 0.29) is 0 Å². The van der Waals surface area contributed by atoms with Crippen LogP contribution in [0.25, 0.3) is 0 Å². The van der Waals surface area contributed by atoms with Gasteiger partial charge in [0.15, 0.2) is 0 Å². The molecular formula is C14H21N3O2S. The molecule has 0 bridgehead atoms. The monoisotopic (exact) mass is 295 g/mol. The minimum atomic E-state index is -3.33. The van der Waals surface area contributed by atoms with E-state index in [1.807, 2.05) is 12.1 Å². The maximum atomic E-state index is 12.6. The Kier molecular flexibility index (Phi) is 3.96. The molecule has 2 N–H and O–H groups in total. The first-order valence-corrected chi connectivity index (χ1v) is 8.69. The van der Waals surface area contributed by atoms with Crippen LogP contribution in [0.1, 0.15) is 24.8 Å². The molecule has 1 aromatic rings. The summed E-state index contributed by atoms with van der Waals surface area (Å²) in [6.45, 7) is 3.77. The topological polar surface area (TPSA) is 61.4 Å². The van der Waals surface area contributed by atoms with Gasteiger partial charge in [0.25, 0.3) is 0 Å². The van der Waals surface area contributed by atoms with E-state index in [0.717, 1.165) is 43.6 Å². The Bertz CT molecular complexity index is 580. The second kappa shape index (κ2) is 5.71. The molecule has 0 aromatic heterocycles. The van der Waals surface area contributed by atoms with Crippen LogP contribution >= 0.6 is 0 Å². The van der Waals surface area contributed by atoms with E-state index in [0.29, 0.717) is 24.5 Å². The van der Waals surface area contributed by atoms with Crippen LogP contribution in [0.2, 0.25) is 0 Å². The van der Waals surface area contributed by atoms with Crippen molar-refractivity contribution < 1.29 is 8.42 Å². The second-order valence-electron chi connectivity index (χ2n) is 5.39. The van der Waals surface area contributed by atoms with Gasteiger partial charge in [-0.25, -0.2) is 8.42 Å². The molecule has 0 spiro atoms. The molecule has 0 unspecified atom stereocenters. The Morgan fingerprint density at radius 3 is 2.65 bits per heavy atom. The Balaban J connectivity index is 1.91. The molecule has 0 radical (unpaired) electrons. The molecule has 2 aliphatic rings. The average molecular weight is 295 g/mol. The van der Waals surface area contributed by atoms with E-state index < -0.39 is 10.0 Å². The highest BCUT2D eigenvalue weighted by Crippen LogP contribution is 2.25. The van der Waals surface area contributed by atoms with Crippen LogP contribution in [-0.2, 0) is 16.6 Å². The average Bonchev–Trinajstić information content (AvgIpc) is 2.72. The zero-order valence-corrected chi connectivity index (χ0v) is 12.4. The van der Waals surface area contributed by atoms with Gasteiger partial charge in [0.2, 0.25) is 10.0 Å². The van der Waals surface area contributed by atoms with Gasteiger partial charge in [-0.1, -0.05) is 6.42 Å². The van der Waals surface area contributed by atoms with Crippen molar-refractivity contribution in [3.63, 3.8) is 0 Å². The highest BCUT2D eigenvalue weighted by Gasteiger charge is 2.26. The third kappa shape index (κ3) is 2.68. The van der Waals surface area contributed by atoms with Crippen LogP contribution in [0.3, 0.4) is 0 Å². The van der Waals surface area contributed by atoms with E-state index >= 15 is 0 Å². The van der Waals surface area contributed by atoms with Gasteiger partial charge in [0.05, 0.1) is 4.90 Å². The highest BCUT2D eigenvalue weighted by atomic mass is 32.2. The number of piperidine rings is 1. The Morgan fingerprint density at radius 2 is 1.85 bits per heavy atom. The molecule has 5 nitrogen and oxygen atoms in total. The van der Waals surface area contributed by atoms with Gasteiger partial charge < -0.3 is 10.6 Å². The number of anilines is 1. The van der Waals surface area contributed by atoms with Crippen LogP contribution in [0.4, 0.5) is 5.69 Å². The third-order valence-electron chi connectivity index (χ3n) is 3.96. The zero-order chi connectivity index (χ0) is 14.0. The van der Waals surface area contributed by atoms with Gasteiger partial charge in [0, 0.05) is 38.4 Å². The van der Waals surface area contributed by atoms with Crippen molar-refractivity contribution in [3.8, 4) is 0 Å². The summed E-state index contributed by atoms with van der Waals surface area (Å²) in [6.07, 6.45) is 3.06. The quantitative estimate of drug-likeness (QED) is 0.865. The minimum absolute atomic E-state index is 0.420.